The molecule has 0 atom stereocenters. The average molecular weight is 394 g/mol. The van der Waals surface area contributed by atoms with Crippen molar-refractivity contribution in [1.82, 2.24) is 0 Å². The summed E-state index contributed by atoms with van der Waals surface area (Å²) < 4.78 is 7.01. The van der Waals surface area contributed by atoms with Crippen LogP contribution >= 0.6 is 15.9 Å². The third kappa shape index (κ3) is 4.80. The van der Waals surface area contributed by atoms with Crippen molar-refractivity contribution in [3.05, 3.63) is 93.5 Å². The number of rotatable bonds is 5. The van der Waals surface area contributed by atoms with Gasteiger partial charge in [0.15, 0.2) is 0 Å². The van der Waals surface area contributed by atoms with Crippen molar-refractivity contribution in [2.45, 2.75) is 20.5 Å². The molecular weight excluding hydrogens is 374 g/mol. The molecule has 0 saturated carbocycles. The van der Waals surface area contributed by atoms with Crippen molar-refractivity contribution >= 4 is 27.8 Å². The maximum atomic E-state index is 6.00. The topological polar surface area (TPSA) is 21.6 Å². The molecule has 3 heteroatoms. The summed E-state index contributed by atoms with van der Waals surface area (Å²) in [6.07, 6.45) is 1.86. The quantitative estimate of drug-likeness (QED) is 0.459. The highest BCUT2D eigenvalue weighted by molar-refractivity contribution is 9.10. The van der Waals surface area contributed by atoms with Crippen molar-refractivity contribution in [2.75, 3.05) is 0 Å². The number of hydrogen-bond acceptors (Lipinski definition) is 2. The van der Waals surface area contributed by atoms with Gasteiger partial charge >= 0.3 is 0 Å². The largest absolute Gasteiger partial charge is 0.488 e. The van der Waals surface area contributed by atoms with Crippen LogP contribution in [0.3, 0.4) is 0 Å². The summed E-state index contributed by atoms with van der Waals surface area (Å²) >= 11 is 3.53. The number of aryl methyl sites for hydroxylation is 2. The minimum absolute atomic E-state index is 0.535. The van der Waals surface area contributed by atoms with Crippen molar-refractivity contribution in [2.24, 2.45) is 4.99 Å². The first-order valence-electron chi connectivity index (χ1n) is 8.19. The normalized spacial score (nSPS) is 11.0. The Morgan fingerprint density at radius 1 is 0.960 bits per heavy atom. The maximum absolute atomic E-state index is 6.00. The fraction of sp³-hybridized carbons (Fsp3) is 0.136. The number of aliphatic imine (C=N–C) groups is 1. The van der Waals surface area contributed by atoms with Gasteiger partial charge in [-0.15, -0.1) is 0 Å². The number of hydrogen-bond donors (Lipinski definition) is 0. The van der Waals surface area contributed by atoms with Crippen molar-refractivity contribution < 1.29 is 4.74 Å². The van der Waals surface area contributed by atoms with Gasteiger partial charge in [-0.05, 0) is 49.2 Å². The van der Waals surface area contributed by atoms with Crippen LogP contribution in [-0.4, -0.2) is 6.21 Å². The highest BCUT2D eigenvalue weighted by Gasteiger charge is 2.04. The zero-order chi connectivity index (χ0) is 17.6. The Kier molecular flexibility index (Phi) is 5.67. The first-order valence-corrected chi connectivity index (χ1v) is 8.99. The van der Waals surface area contributed by atoms with Gasteiger partial charge in [0.25, 0.3) is 0 Å². The summed E-state index contributed by atoms with van der Waals surface area (Å²) in [6, 6.07) is 22.4. The van der Waals surface area contributed by atoms with Crippen molar-refractivity contribution in [3.63, 3.8) is 0 Å². The maximum Gasteiger partial charge on any atom is 0.128 e. The van der Waals surface area contributed by atoms with Gasteiger partial charge < -0.3 is 4.74 Å². The number of ether oxygens (including phenoxy) is 1. The van der Waals surface area contributed by atoms with Crippen LogP contribution in [-0.2, 0) is 6.61 Å². The van der Waals surface area contributed by atoms with Crippen LogP contribution in [0.5, 0.6) is 5.75 Å². The molecule has 0 aliphatic heterocycles. The molecule has 0 spiro atoms. The molecule has 3 aromatic carbocycles. The number of nitrogens with zero attached hydrogens (tertiary/aromatic N) is 1. The van der Waals surface area contributed by atoms with E-state index in [1.165, 1.54) is 5.56 Å². The van der Waals surface area contributed by atoms with Crippen LogP contribution in [0.2, 0.25) is 0 Å². The van der Waals surface area contributed by atoms with E-state index in [2.05, 4.69) is 59.0 Å². The van der Waals surface area contributed by atoms with Gasteiger partial charge in [0, 0.05) is 16.3 Å². The fourth-order valence-electron chi connectivity index (χ4n) is 2.58. The molecule has 3 rings (SSSR count). The predicted octanol–water partition coefficient (Wildman–Crippen LogP) is 6.40. The summed E-state index contributed by atoms with van der Waals surface area (Å²) in [4.78, 5) is 4.65. The van der Waals surface area contributed by atoms with Gasteiger partial charge in [-0.1, -0.05) is 64.0 Å². The van der Waals surface area contributed by atoms with Gasteiger partial charge in [-0.2, -0.15) is 0 Å². The molecular formula is C22H20BrNO. The molecule has 25 heavy (non-hydrogen) atoms. The van der Waals surface area contributed by atoms with E-state index in [-0.39, 0.29) is 0 Å². The van der Waals surface area contributed by atoms with Crippen LogP contribution in [0.15, 0.2) is 76.2 Å². The van der Waals surface area contributed by atoms with Crippen molar-refractivity contribution in [1.29, 1.82) is 0 Å². The molecule has 0 aliphatic carbocycles. The Bertz CT molecular complexity index is 888. The zero-order valence-electron chi connectivity index (χ0n) is 14.4. The Labute approximate surface area is 157 Å². The zero-order valence-corrected chi connectivity index (χ0v) is 16.0. The highest BCUT2D eigenvalue weighted by atomic mass is 79.9. The molecule has 0 heterocycles. The van der Waals surface area contributed by atoms with E-state index in [1.807, 2.05) is 48.7 Å². The van der Waals surface area contributed by atoms with Crippen LogP contribution in [0.4, 0.5) is 5.69 Å². The Hall–Kier alpha value is -2.39. The smallest absolute Gasteiger partial charge is 0.128 e. The molecule has 3 aromatic rings. The van der Waals surface area contributed by atoms with Crippen LogP contribution in [0.25, 0.3) is 0 Å². The Morgan fingerprint density at radius 3 is 2.52 bits per heavy atom. The molecule has 0 bridgehead atoms. The lowest BCUT2D eigenvalue weighted by Gasteiger charge is -2.10. The summed E-state index contributed by atoms with van der Waals surface area (Å²) in [5.74, 6) is 0.820. The molecule has 126 valence electrons. The molecule has 0 amide bonds. The number of benzene rings is 3. The van der Waals surface area contributed by atoms with Gasteiger partial charge in [0.2, 0.25) is 0 Å². The molecule has 0 aliphatic rings. The Balaban J connectivity index is 1.82. The molecule has 2 nitrogen and oxygen atoms in total. The summed E-state index contributed by atoms with van der Waals surface area (Å²) in [7, 11) is 0. The Morgan fingerprint density at radius 2 is 1.76 bits per heavy atom. The standard InChI is InChI=1S/C22H20BrNO/c1-16-8-10-21(17(2)12-16)24-14-19-13-20(23)9-11-22(19)25-15-18-6-4-3-5-7-18/h3-14H,15H2,1-2H3. The SMILES string of the molecule is Cc1ccc(N=Cc2cc(Br)ccc2OCc2ccccc2)c(C)c1. The summed E-state index contributed by atoms with van der Waals surface area (Å²) in [5, 5.41) is 0. The van der Waals surface area contributed by atoms with E-state index in [0.717, 1.165) is 32.6 Å². The second-order valence-electron chi connectivity index (χ2n) is 6.00. The lowest BCUT2D eigenvalue weighted by Crippen LogP contribution is -1.98. The van der Waals surface area contributed by atoms with Crippen molar-refractivity contribution in [3.8, 4) is 5.75 Å². The lowest BCUT2D eigenvalue weighted by molar-refractivity contribution is 0.306. The van der Waals surface area contributed by atoms with Crippen LogP contribution in [0.1, 0.15) is 22.3 Å². The second kappa shape index (κ2) is 8.13. The molecule has 0 fully saturated rings. The molecule has 0 radical (unpaired) electrons. The van der Waals surface area contributed by atoms with E-state index in [1.54, 1.807) is 0 Å². The van der Waals surface area contributed by atoms with Gasteiger partial charge in [-0.3, -0.25) is 4.99 Å². The summed E-state index contributed by atoms with van der Waals surface area (Å²) in [5.41, 5.74) is 5.47. The average Bonchev–Trinajstić information content (AvgIpc) is 2.61. The minimum Gasteiger partial charge on any atom is -0.488 e. The minimum atomic E-state index is 0.535. The first kappa shape index (κ1) is 17.4. The third-order valence-electron chi connectivity index (χ3n) is 3.90. The molecule has 0 N–H and O–H groups in total. The monoisotopic (exact) mass is 393 g/mol. The summed E-state index contributed by atoms with van der Waals surface area (Å²) in [6.45, 7) is 4.70. The van der Waals surface area contributed by atoms with Gasteiger partial charge in [0.05, 0.1) is 5.69 Å². The molecule has 0 unspecified atom stereocenters. The number of halogens is 1. The van der Waals surface area contributed by atoms with E-state index in [0.29, 0.717) is 6.61 Å². The predicted molar refractivity (Wildman–Crippen MR) is 108 cm³/mol. The third-order valence-corrected chi connectivity index (χ3v) is 4.40. The second-order valence-corrected chi connectivity index (χ2v) is 6.92. The lowest BCUT2D eigenvalue weighted by atomic mass is 10.1. The highest BCUT2D eigenvalue weighted by Crippen LogP contribution is 2.25. The fourth-order valence-corrected chi connectivity index (χ4v) is 2.96. The van der Waals surface area contributed by atoms with E-state index < -0.39 is 0 Å². The van der Waals surface area contributed by atoms with Crippen LogP contribution < -0.4 is 4.74 Å². The molecule has 0 saturated heterocycles. The van der Waals surface area contributed by atoms with Gasteiger partial charge in [-0.25, -0.2) is 0 Å². The van der Waals surface area contributed by atoms with Gasteiger partial charge in [0.1, 0.15) is 12.4 Å². The molecule has 0 aromatic heterocycles. The first-order chi connectivity index (χ1) is 12.1. The van der Waals surface area contributed by atoms with E-state index >= 15 is 0 Å². The van der Waals surface area contributed by atoms with E-state index in [9.17, 15) is 0 Å². The van der Waals surface area contributed by atoms with E-state index in [4.69, 9.17) is 4.74 Å². The van der Waals surface area contributed by atoms with Crippen LogP contribution in [0, 0.1) is 13.8 Å².